The van der Waals surface area contributed by atoms with Crippen LogP contribution in [-0.2, 0) is 27.9 Å². The number of sulfonamides is 1. The third-order valence-corrected chi connectivity index (χ3v) is 6.39. The average molecular weight is 417 g/mol. The molecule has 0 saturated carbocycles. The normalized spacial score (nSPS) is 11.7. The number of carbonyl (C=O) groups excluding carboxylic acids is 1. The fourth-order valence-electron chi connectivity index (χ4n) is 2.89. The second kappa shape index (κ2) is 8.62. The number of nitrogens with zero attached hydrogens (tertiary/aromatic N) is 3. The number of aryl methyl sites for hydroxylation is 1. The lowest BCUT2D eigenvalue weighted by Gasteiger charge is -2.11. The van der Waals surface area contributed by atoms with Gasteiger partial charge >= 0.3 is 0 Å². The van der Waals surface area contributed by atoms with Crippen molar-refractivity contribution >= 4 is 27.0 Å². The predicted molar refractivity (Wildman–Crippen MR) is 110 cm³/mol. The van der Waals surface area contributed by atoms with E-state index in [1.54, 1.807) is 31.6 Å². The van der Waals surface area contributed by atoms with Crippen LogP contribution >= 0.6 is 0 Å². The Hall–Kier alpha value is -2.91. The Morgan fingerprint density at radius 2 is 2.00 bits per heavy atom. The first-order valence-electron chi connectivity index (χ1n) is 9.08. The van der Waals surface area contributed by atoms with Crippen LogP contribution in [0.5, 0.6) is 5.75 Å². The van der Waals surface area contributed by atoms with Gasteiger partial charge in [-0.3, -0.25) is 4.79 Å². The Kier molecular flexibility index (Phi) is 6.19. The topological polar surface area (TPSA) is 93.5 Å². The highest BCUT2D eigenvalue weighted by molar-refractivity contribution is 7.89. The number of benzene rings is 2. The number of aromatic nitrogens is 2. The van der Waals surface area contributed by atoms with Crippen molar-refractivity contribution in [3.05, 3.63) is 54.4 Å². The summed E-state index contributed by atoms with van der Waals surface area (Å²) in [4.78, 5) is 16.7. The van der Waals surface area contributed by atoms with Gasteiger partial charge < -0.3 is 14.6 Å². The molecule has 0 radical (unpaired) electrons. The molecule has 0 bridgehead atoms. The minimum atomic E-state index is -3.51. The van der Waals surface area contributed by atoms with Crippen molar-refractivity contribution in [3.63, 3.8) is 0 Å². The standard InChI is InChI=1S/C20H24N4O4S/c1-23(2)29(26,27)17-7-8-19-18(12-17)22-14-24(19)10-9-20(25)21-13-15-5-4-6-16(11-15)28-3/h4-8,11-12,14H,9-10,13H2,1-3H3,(H,21,25). The monoisotopic (exact) mass is 416 g/mol. The summed E-state index contributed by atoms with van der Waals surface area (Å²) in [6.45, 7) is 0.868. The SMILES string of the molecule is COc1cccc(CNC(=O)CCn2cnc3cc(S(=O)(=O)N(C)C)ccc32)c1. The van der Waals surface area contributed by atoms with Crippen molar-refractivity contribution in [2.24, 2.45) is 0 Å². The number of hydrogen-bond acceptors (Lipinski definition) is 5. The van der Waals surface area contributed by atoms with Crippen molar-refractivity contribution < 1.29 is 17.9 Å². The molecule has 1 amide bonds. The Morgan fingerprint density at radius 3 is 2.72 bits per heavy atom. The Balaban J connectivity index is 1.62. The van der Waals surface area contributed by atoms with Gasteiger partial charge in [0.25, 0.3) is 0 Å². The van der Waals surface area contributed by atoms with E-state index < -0.39 is 10.0 Å². The lowest BCUT2D eigenvalue weighted by Crippen LogP contribution is -2.23. The number of imidazole rings is 1. The van der Waals surface area contributed by atoms with Crippen LogP contribution in [0.2, 0.25) is 0 Å². The van der Waals surface area contributed by atoms with Crippen LogP contribution in [0, 0.1) is 0 Å². The van der Waals surface area contributed by atoms with Gasteiger partial charge in [-0.2, -0.15) is 0 Å². The van der Waals surface area contributed by atoms with E-state index in [-0.39, 0.29) is 17.2 Å². The van der Waals surface area contributed by atoms with Crippen LogP contribution in [0.15, 0.2) is 53.7 Å². The number of carbonyl (C=O) groups is 1. The zero-order valence-electron chi connectivity index (χ0n) is 16.6. The van der Waals surface area contributed by atoms with Crippen LogP contribution in [-0.4, -0.2) is 49.4 Å². The van der Waals surface area contributed by atoms with E-state index in [1.807, 2.05) is 28.8 Å². The maximum atomic E-state index is 12.3. The van der Waals surface area contributed by atoms with E-state index in [0.29, 0.717) is 18.6 Å². The van der Waals surface area contributed by atoms with Gasteiger partial charge in [0.05, 0.1) is 29.4 Å². The van der Waals surface area contributed by atoms with E-state index in [1.165, 1.54) is 14.1 Å². The number of rotatable bonds is 8. The second-order valence-electron chi connectivity index (χ2n) is 6.75. The first-order chi connectivity index (χ1) is 13.8. The first-order valence-corrected chi connectivity index (χ1v) is 10.5. The molecule has 1 aromatic heterocycles. The number of amides is 1. The van der Waals surface area contributed by atoms with Crippen molar-refractivity contribution in [1.29, 1.82) is 0 Å². The number of methoxy groups -OCH3 is 1. The van der Waals surface area contributed by atoms with Gasteiger partial charge in [0.2, 0.25) is 15.9 Å². The largest absolute Gasteiger partial charge is 0.497 e. The molecule has 1 heterocycles. The van der Waals surface area contributed by atoms with Gasteiger partial charge in [-0.15, -0.1) is 0 Å². The molecular formula is C20H24N4O4S. The number of fused-ring (bicyclic) bond motifs is 1. The van der Waals surface area contributed by atoms with Crippen molar-refractivity contribution in [3.8, 4) is 5.75 Å². The molecule has 8 nitrogen and oxygen atoms in total. The minimum absolute atomic E-state index is 0.0820. The summed E-state index contributed by atoms with van der Waals surface area (Å²) in [5.74, 6) is 0.666. The highest BCUT2D eigenvalue weighted by Crippen LogP contribution is 2.20. The van der Waals surface area contributed by atoms with Gasteiger partial charge in [-0.1, -0.05) is 12.1 Å². The highest BCUT2D eigenvalue weighted by Gasteiger charge is 2.18. The minimum Gasteiger partial charge on any atom is -0.497 e. The maximum absolute atomic E-state index is 12.3. The second-order valence-corrected chi connectivity index (χ2v) is 8.91. The third-order valence-electron chi connectivity index (χ3n) is 4.57. The number of hydrogen-bond donors (Lipinski definition) is 1. The lowest BCUT2D eigenvalue weighted by atomic mass is 10.2. The summed E-state index contributed by atoms with van der Waals surface area (Å²) in [6.07, 6.45) is 1.90. The molecular weight excluding hydrogens is 392 g/mol. The van der Waals surface area contributed by atoms with Gasteiger partial charge in [0.15, 0.2) is 0 Å². The number of ether oxygens (including phenoxy) is 1. The molecule has 0 spiro atoms. The molecule has 0 aliphatic heterocycles. The molecule has 2 aromatic carbocycles. The summed E-state index contributed by atoms with van der Waals surface area (Å²) >= 11 is 0. The lowest BCUT2D eigenvalue weighted by molar-refractivity contribution is -0.121. The van der Waals surface area contributed by atoms with E-state index in [9.17, 15) is 13.2 Å². The molecule has 3 rings (SSSR count). The Morgan fingerprint density at radius 1 is 1.21 bits per heavy atom. The van der Waals surface area contributed by atoms with Crippen LogP contribution < -0.4 is 10.1 Å². The molecule has 29 heavy (non-hydrogen) atoms. The molecule has 0 atom stereocenters. The van der Waals surface area contributed by atoms with E-state index in [0.717, 1.165) is 21.1 Å². The van der Waals surface area contributed by atoms with Crippen molar-refractivity contribution in [2.75, 3.05) is 21.2 Å². The molecule has 1 N–H and O–H groups in total. The Labute approximate surface area is 170 Å². The molecule has 154 valence electrons. The highest BCUT2D eigenvalue weighted by atomic mass is 32.2. The van der Waals surface area contributed by atoms with Gasteiger partial charge in [0, 0.05) is 33.6 Å². The van der Waals surface area contributed by atoms with E-state index in [2.05, 4.69) is 10.3 Å². The average Bonchev–Trinajstić information content (AvgIpc) is 3.13. The quantitative estimate of drug-likeness (QED) is 0.606. The Bertz CT molecular complexity index is 1120. The van der Waals surface area contributed by atoms with Gasteiger partial charge in [-0.05, 0) is 35.9 Å². The number of nitrogens with one attached hydrogen (secondary N) is 1. The maximum Gasteiger partial charge on any atom is 0.242 e. The molecule has 0 unspecified atom stereocenters. The zero-order valence-corrected chi connectivity index (χ0v) is 17.4. The van der Waals surface area contributed by atoms with Crippen LogP contribution in [0.25, 0.3) is 11.0 Å². The van der Waals surface area contributed by atoms with E-state index >= 15 is 0 Å². The fraction of sp³-hybridized carbons (Fsp3) is 0.300. The predicted octanol–water partition coefficient (Wildman–Crippen LogP) is 2.00. The molecule has 3 aromatic rings. The molecule has 0 fully saturated rings. The zero-order chi connectivity index (χ0) is 21.0. The van der Waals surface area contributed by atoms with Crippen LogP contribution in [0.1, 0.15) is 12.0 Å². The van der Waals surface area contributed by atoms with Gasteiger partial charge in [-0.25, -0.2) is 17.7 Å². The fourth-order valence-corrected chi connectivity index (χ4v) is 3.81. The molecule has 9 heteroatoms. The van der Waals surface area contributed by atoms with E-state index in [4.69, 9.17) is 4.74 Å². The molecule has 0 aliphatic carbocycles. The van der Waals surface area contributed by atoms with Crippen molar-refractivity contribution in [2.45, 2.75) is 24.4 Å². The smallest absolute Gasteiger partial charge is 0.242 e. The summed E-state index contributed by atoms with van der Waals surface area (Å²) in [5, 5.41) is 2.89. The van der Waals surface area contributed by atoms with Crippen molar-refractivity contribution in [1.82, 2.24) is 19.2 Å². The summed E-state index contributed by atoms with van der Waals surface area (Å²) in [6, 6.07) is 12.3. The van der Waals surface area contributed by atoms with Gasteiger partial charge in [0.1, 0.15) is 5.75 Å². The first kappa shape index (κ1) is 20.8. The molecule has 0 saturated heterocycles. The van der Waals surface area contributed by atoms with Crippen LogP contribution in [0.4, 0.5) is 0 Å². The third kappa shape index (κ3) is 4.75. The van der Waals surface area contributed by atoms with Crippen LogP contribution in [0.3, 0.4) is 0 Å². The summed E-state index contributed by atoms with van der Waals surface area (Å²) < 4.78 is 32.7. The summed E-state index contributed by atoms with van der Waals surface area (Å²) in [5.41, 5.74) is 2.31. The molecule has 0 aliphatic rings. The summed E-state index contributed by atoms with van der Waals surface area (Å²) in [7, 11) is 1.07.